The molecule has 0 saturated carbocycles. The molecule has 138 valence electrons. The molecule has 1 aliphatic rings. The molecule has 26 heavy (non-hydrogen) atoms. The van der Waals surface area contributed by atoms with Gasteiger partial charge in [0.15, 0.2) is 5.76 Å². The van der Waals surface area contributed by atoms with Gasteiger partial charge in [0.25, 0.3) is 5.91 Å². The molecule has 1 aromatic heterocycles. The van der Waals surface area contributed by atoms with E-state index in [0.29, 0.717) is 24.5 Å². The highest BCUT2D eigenvalue weighted by atomic mass is 19.1. The van der Waals surface area contributed by atoms with Crippen molar-refractivity contribution in [1.82, 2.24) is 4.90 Å². The average molecular weight is 361 g/mol. The first-order chi connectivity index (χ1) is 12.4. The molecule has 1 aromatic carbocycles. The van der Waals surface area contributed by atoms with Crippen LogP contribution >= 0.6 is 0 Å². The van der Waals surface area contributed by atoms with E-state index in [1.54, 1.807) is 12.1 Å². The van der Waals surface area contributed by atoms with Crippen LogP contribution in [0.2, 0.25) is 0 Å². The number of carbonyl (C=O) groups is 2. The Morgan fingerprint density at radius 2 is 1.96 bits per heavy atom. The number of benzene rings is 1. The molecule has 1 saturated heterocycles. The number of carboxylic acids is 1. The van der Waals surface area contributed by atoms with Gasteiger partial charge in [0.1, 0.15) is 23.9 Å². The van der Waals surface area contributed by atoms with Crippen molar-refractivity contribution in [1.29, 1.82) is 0 Å². The van der Waals surface area contributed by atoms with E-state index in [1.807, 2.05) is 6.92 Å². The van der Waals surface area contributed by atoms with E-state index < -0.39 is 11.9 Å². The molecule has 1 aliphatic heterocycles. The summed E-state index contributed by atoms with van der Waals surface area (Å²) in [5.41, 5.74) is 0. The highest BCUT2D eigenvalue weighted by Gasteiger charge is 2.33. The van der Waals surface area contributed by atoms with Crippen molar-refractivity contribution in [2.75, 3.05) is 13.1 Å². The van der Waals surface area contributed by atoms with Gasteiger partial charge in [-0.3, -0.25) is 9.59 Å². The van der Waals surface area contributed by atoms with E-state index in [4.69, 9.17) is 9.15 Å². The van der Waals surface area contributed by atoms with Crippen LogP contribution < -0.4 is 4.74 Å². The van der Waals surface area contributed by atoms with Gasteiger partial charge in [-0.05, 0) is 48.7 Å². The van der Waals surface area contributed by atoms with Crippen molar-refractivity contribution < 1.29 is 28.2 Å². The molecule has 2 aromatic rings. The summed E-state index contributed by atoms with van der Waals surface area (Å²) in [5, 5.41) is 9.22. The number of furan rings is 1. The number of carboxylic acid groups (broad SMARTS) is 1. The lowest BCUT2D eigenvalue weighted by atomic mass is 9.90. The van der Waals surface area contributed by atoms with Gasteiger partial charge in [-0.1, -0.05) is 6.92 Å². The molecule has 2 heterocycles. The van der Waals surface area contributed by atoms with Crippen LogP contribution in [-0.4, -0.2) is 35.0 Å². The number of carbonyl (C=O) groups excluding carboxylic acids is 1. The Kier molecular flexibility index (Phi) is 5.25. The van der Waals surface area contributed by atoms with Crippen LogP contribution in [0.5, 0.6) is 5.75 Å². The second kappa shape index (κ2) is 7.59. The zero-order valence-corrected chi connectivity index (χ0v) is 14.4. The number of ether oxygens (including phenoxy) is 1. The Hall–Kier alpha value is -2.83. The van der Waals surface area contributed by atoms with Gasteiger partial charge in [-0.2, -0.15) is 0 Å². The maximum Gasteiger partial charge on any atom is 0.308 e. The summed E-state index contributed by atoms with van der Waals surface area (Å²) in [5.74, 6) is -0.899. The molecule has 1 N–H and O–H groups in total. The zero-order chi connectivity index (χ0) is 18.7. The van der Waals surface area contributed by atoms with Gasteiger partial charge in [0, 0.05) is 13.1 Å². The van der Waals surface area contributed by atoms with Crippen LogP contribution in [0.4, 0.5) is 4.39 Å². The Labute approximate surface area is 150 Å². The summed E-state index contributed by atoms with van der Waals surface area (Å²) in [7, 11) is 0. The van der Waals surface area contributed by atoms with E-state index in [1.165, 1.54) is 29.2 Å². The molecular weight excluding hydrogens is 341 g/mol. The van der Waals surface area contributed by atoms with E-state index in [0.717, 1.165) is 0 Å². The Bertz CT molecular complexity index is 785. The van der Waals surface area contributed by atoms with Crippen molar-refractivity contribution >= 4 is 11.9 Å². The third-order valence-corrected chi connectivity index (χ3v) is 4.36. The van der Waals surface area contributed by atoms with E-state index in [-0.39, 0.29) is 36.6 Å². The molecule has 0 radical (unpaired) electrons. The minimum atomic E-state index is -0.887. The normalized spacial score (nSPS) is 20.0. The number of amides is 1. The Morgan fingerprint density at radius 3 is 2.65 bits per heavy atom. The Morgan fingerprint density at radius 1 is 1.23 bits per heavy atom. The summed E-state index contributed by atoms with van der Waals surface area (Å²) < 4.78 is 23.9. The minimum absolute atomic E-state index is 0.104. The lowest BCUT2D eigenvalue weighted by molar-refractivity contribution is -0.143. The fraction of sp³-hybridized carbons (Fsp3) is 0.368. The monoisotopic (exact) mass is 361 g/mol. The SMILES string of the molecule is CC1CC(C(=O)O)CN(C(=O)c2ccc(COc3ccc(F)cc3)o2)C1. The quantitative estimate of drug-likeness (QED) is 0.885. The van der Waals surface area contributed by atoms with Crippen molar-refractivity contribution in [2.45, 2.75) is 20.0 Å². The number of hydrogen-bond donors (Lipinski definition) is 1. The molecule has 2 atom stereocenters. The average Bonchev–Trinajstić information content (AvgIpc) is 3.09. The van der Waals surface area contributed by atoms with Crippen molar-refractivity contribution in [2.24, 2.45) is 11.8 Å². The first-order valence-electron chi connectivity index (χ1n) is 8.41. The van der Waals surface area contributed by atoms with Crippen molar-refractivity contribution in [3.63, 3.8) is 0 Å². The summed E-state index contributed by atoms with van der Waals surface area (Å²) >= 11 is 0. The minimum Gasteiger partial charge on any atom is -0.486 e. The summed E-state index contributed by atoms with van der Waals surface area (Å²) in [6.45, 7) is 2.72. The molecule has 0 aliphatic carbocycles. The van der Waals surface area contributed by atoms with E-state index in [9.17, 15) is 19.1 Å². The van der Waals surface area contributed by atoms with E-state index >= 15 is 0 Å². The second-order valence-corrected chi connectivity index (χ2v) is 6.59. The predicted molar refractivity (Wildman–Crippen MR) is 90.3 cm³/mol. The summed E-state index contributed by atoms with van der Waals surface area (Å²) in [4.78, 5) is 25.4. The Balaban J connectivity index is 1.62. The lowest BCUT2D eigenvalue weighted by Crippen LogP contribution is -2.45. The number of hydrogen-bond acceptors (Lipinski definition) is 4. The van der Waals surface area contributed by atoms with Crippen molar-refractivity contribution in [3.8, 4) is 5.75 Å². The van der Waals surface area contributed by atoms with Gasteiger partial charge in [0.05, 0.1) is 5.92 Å². The third kappa shape index (κ3) is 4.22. The zero-order valence-electron chi connectivity index (χ0n) is 14.4. The van der Waals surface area contributed by atoms with Crippen LogP contribution in [0.1, 0.15) is 29.7 Å². The lowest BCUT2D eigenvalue weighted by Gasteiger charge is -2.34. The number of nitrogens with zero attached hydrogens (tertiary/aromatic N) is 1. The van der Waals surface area contributed by atoms with Crippen molar-refractivity contribution in [3.05, 3.63) is 53.7 Å². The smallest absolute Gasteiger partial charge is 0.308 e. The van der Waals surface area contributed by atoms with Gasteiger partial charge < -0.3 is 19.2 Å². The number of rotatable bonds is 5. The molecule has 6 nitrogen and oxygen atoms in total. The highest BCUT2D eigenvalue weighted by Crippen LogP contribution is 2.24. The largest absolute Gasteiger partial charge is 0.486 e. The fourth-order valence-corrected chi connectivity index (χ4v) is 3.11. The third-order valence-electron chi connectivity index (χ3n) is 4.36. The second-order valence-electron chi connectivity index (χ2n) is 6.59. The maximum atomic E-state index is 12.9. The molecular formula is C19H20FNO5. The maximum absolute atomic E-state index is 12.9. The molecule has 3 rings (SSSR count). The number of halogens is 1. The van der Waals surface area contributed by atoms with Crippen LogP contribution in [0, 0.1) is 17.7 Å². The van der Waals surface area contributed by atoms with Gasteiger partial charge in [-0.25, -0.2) is 4.39 Å². The van der Waals surface area contributed by atoms with Gasteiger partial charge >= 0.3 is 5.97 Å². The number of likely N-dealkylation sites (tertiary alicyclic amines) is 1. The van der Waals surface area contributed by atoms with Crippen LogP contribution in [-0.2, 0) is 11.4 Å². The molecule has 1 amide bonds. The topological polar surface area (TPSA) is 80.0 Å². The van der Waals surface area contributed by atoms with Gasteiger partial charge in [0.2, 0.25) is 0 Å². The molecule has 0 bridgehead atoms. The van der Waals surface area contributed by atoms with Gasteiger partial charge in [-0.15, -0.1) is 0 Å². The van der Waals surface area contributed by atoms with Crippen LogP contribution in [0.15, 0.2) is 40.8 Å². The number of aliphatic carboxylic acids is 1. The summed E-state index contributed by atoms with van der Waals surface area (Å²) in [6.07, 6.45) is 0.564. The standard InChI is InChI=1S/C19H20FNO5/c1-12-8-13(19(23)24)10-21(9-12)18(22)17-7-6-16(26-17)11-25-15-4-2-14(20)3-5-15/h2-7,12-13H,8-11H2,1H3,(H,23,24). The molecule has 1 fully saturated rings. The fourth-order valence-electron chi connectivity index (χ4n) is 3.11. The first-order valence-corrected chi connectivity index (χ1v) is 8.41. The van der Waals surface area contributed by atoms with Crippen LogP contribution in [0.3, 0.4) is 0 Å². The summed E-state index contributed by atoms with van der Waals surface area (Å²) in [6, 6.07) is 8.79. The first kappa shape index (κ1) is 18.0. The highest BCUT2D eigenvalue weighted by molar-refractivity contribution is 5.92. The molecule has 0 spiro atoms. The van der Waals surface area contributed by atoms with Crippen LogP contribution in [0.25, 0.3) is 0 Å². The molecule has 2 unspecified atom stereocenters. The molecule has 7 heteroatoms. The predicted octanol–water partition coefficient (Wildman–Crippen LogP) is 3.18. The van der Waals surface area contributed by atoms with E-state index in [2.05, 4.69) is 0 Å². The number of piperidine rings is 1.